The average Bonchev–Trinajstić information content (AvgIpc) is 2.74. The highest BCUT2D eigenvalue weighted by molar-refractivity contribution is 6.30. The lowest BCUT2D eigenvalue weighted by molar-refractivity contribution is -0.147. The topological polar surface area (TPSA) is 84.5 Å². The molecule has 0 radical (unpaired) electrons. The highest BCUT2D eigenvalue weighted by atomic mass is 35.5. The Kier molecular flexibility index (Phi) is 9.53. The molecule has 0 saturated carbocycles. The van der Waals surface area contributed by atoms with Gasteiger partial charge in [-0.1, -0.05) is 55.3 Å². The first kappa shape index (κ1) is 24.4. The van der Waals surface area contributed by atoms with Crippen LogP contribution in [0.4, 0.5) is 0 Å². The van der Waals surface area contributed by atoms with Crippen molar-refractivity contribution in [2.75, 3.05) is 13.2 Å². The van der Waals surface area contributed by atoms with Gasteiger partial charge in [0, 0.05) is 17.0 Å². The third-order valence-electron chi connectivity index (χ3n) is 4.74. The minimum atomic E-state index is -0.791. The van der Waals surface area contributed by atoms with Crippen LogP contribution >= 0.6 is 11.6 Å². The first-order valence-corrected chi connectivity index (χ1v) is 10.7. The number of carbonyl (C=O) groups excluding carboxylic acids is 3. The maximum Gasteiger partial charge on any atom is 0.328 e. The average molecular weight is 445 g/mol. The molecule has 2 aromatic rings. The van der Waals surface area contributed by atoms with E-state index in [1.165, 1.54) is 5.56 Å². The number of hydrogen-bond acceptors (Lipinski definition) is 4. The summed E-state index contributed by atoms with van der Waals surface area (Å²) >= 11 is 5.84. The van der Waals surface area contributed by atoms with Crippen LogP contribution < -0.4 is 10.6 Å². The standard InChI is InChI=1S/C24H29ClN2O4/c1-16(2)22(27-23(29)19-9-11-20(25)12-10-19)24(30)31-15-14-26-21(28)13-8-18-6-4-17(3)5-7-18/h4-7,9-12,16,22H,8,13-15H2,1-3H3,(H,26,28)(H,27,29). The molecule has 1 atom stereocenters. The van der Waals surface area contributed by atoms with Gasteiger partial charge in [-0.15, -0.1) is 0 Å². The number of hydrogen-bond donors (Lipinski definition) is 2. The van der Waals surface area contributed by atoms with Crippen LogP contribution in [-0.4, -0.2) is 37.0 Å². The highest BCUT2D eigenvalue weighted by Gasteiger charge is 2.26. The molecule has 0 aliphatic carbocycles. The molecule has 1 unspecified atom stereocenters. The second kappa shape index (κ2) is 12.1. The van der Waals surface area contributed by atoms with Gasteiger partial charge in [-0.25, -0.2) is 4.79 Å². The Labute approximate surface area is 188 Å². The summed E-state index contributed by atoms with van der Waals surface area (Å²) in [5.74, 6) is -1.18. The van der Waals surface area contributed by atoms with E-state index in [1.54, 1.807) is 24.3 Å². The zero-order valence-electron chi connectivity index (χ0n) is 18.1. The fourth-order valence-corrected chi connectivity index (χ4v) is 2.98. The van der Waals surface area contributed by atoms with Gasteiger partial charge >= 0.3 is 5.97 Å². The summed E-state index contributed by atoms with van der Waals surface area (Å²) in [4.78, 5) is 36.8. The molecule has 0 aromatic heterocycles. The van der Waals surface area contributed by atoms with Crippen LogP contribution in [0.15, 0.2) is 48.5 Å². The number of esters is 1. The van der Waals surface area contributed by atoms with Crippen molar-refractivity contribution in [3.05, 3.63) is 70.2 Å². The normalized spacial score (nSPS) is 11.6. The Morgan fingerprint density at radius 3 is 2.26 bits per heavy atom. The zero-order valence-corrected chi connectivity index (χ0v) is 18.9. The smallest absolute Gasteiger partial charge is 0.328 e. The van der Waals surface area contributed by atoms with E-state index in [0.29, 0.717) is 23.4 Å². The largest absolute Gasteiger partial charge is 0.462 e. The van der Waals surface area contributed by atoms with Crippen molar-refractivity contribution in [2.45, 2.75) is 39.7 Å². The molecule has 0 bridgehead atoms. The van der Waals surface area contributed by atoms with Crippen molar-refractivity contribution in [3.63, 3.8) is 0 Å². The third kappa shape index (κ3) is 8.42. The maximum absolute atomic E-state index is 12.4. The molecule has 166 valence electrons. The van der Waals surface area contributed by atoms with Crippen LogP contribution in [0, 0.1) is 12.8 Å². The quantitative estimate of drug-likeness (QED) is 0.432. The van der Waals surface area contributed by atoms with Crippen molar-refractivity contribution in [1.82, 2.24) is 10.6 Å². The molecule has 2 aromatic carbocycles. The molecule has 2 amide bonds. The molecule has 0 aliphatic rings. The molecule has 0 aliphatic heterocycles. The van der Waals surface area contributed by atoms with Crippen LogP contribution in [0.2, 0.25) is 5.02 Å². The van der Waals surface area contributed by atoms with E-state index in [0.717, 1.165) is 5.56 Å². The van der Waals surface area contributed by atoms with E-state index < -0.39 is 12.0 Å². The Morgan fingerprint density at radius 1 is 1.00 bits per heavy atom. The first-order valence-electron chi connectivity index (χ1n) is 10.3. The van der Waals surface area contributed by atoms with Gasteiger partial charge in [0.25, 0.3) is 5.91 Å². The van der Waals surface area contributed by atoms with Crippen LogP contribution in [0.25, 0.3) is 0 Å². The minimum absolute atomic E-state index is 0.0368. The molecule has 7 heteroatoms. The van der Waals surface area contributed by atoms with Crippen molar-refractivity contribution < 1.29 is 19.1 Å². The van der Waals surface area contributed by atoms with Crippen molar-refractivity contribution in [1.29, 1.82) is 0 Å². The van der Waals surface area contributed by atoms with Crippen LogP contribution in [0.5, 0.6) is 0 Å². The SMILES string of the molecule is Cc1ccc(CCC(=O)NCCOC(=O)C(NC(=O)c2ccc(Cl)cc2)C(C)C)cc1. The van der Waals surface area contributed by atoms with Crippen molar-refractivity contribution in [3.8, 4) is 0 Å². The number of nitrogens with one attached hydrogen (secondary N) is 2. The maximum atomic E-state index is 12.4. The van der Waals surface area contributed by atoms with Gasteiger partial charge in [-0.3, -0.25) is 9.59 Å². The second-order valence-electron chi connectivity index (χ2n) is 7.71. The molecule has 0 spiro atoms. The molecule has 6 nitrogen and oxygen atoms in total. The Bertz CT molecular complexity index is 879. The molecule has 31 heavy (non-hydrogen) atoms. The number of benzene rings is 2. The summed E-state index contributed by atoms with van der Waals surface area (Å²) in [6.45, 7) is 5.91. The zero-order chi connectivity index (χ0) is 22.8. The predicted octanol–water partition coefficient (Wildman–Crippen LogP) is 3.70. The summed E-state index contributed by atoms with van der Waals surface area (Å²) in [6, 6.07) is 13.7. The van der Waals surface area contributed by atoms with E-state index in [1.807, 2.05) is 45.0 Å². The summed E-state index contributed by atoms with van der Waals surface area (Å²) in [5, 5.41) is 5.97. The van der Waals surface area contributed by atoms with E-state index in [9.17, 15) is 14.4 Å². The van der Waals surface area contributed by atoms with Crippen molar-refractivity contribution in [2.24, 2.45) is 5.92 Å². The number of aryl methyl sites for hydroxylation is 2. The Hall–Kier alpha value is -2.86. The fraction of sp³-hybridized carbons (Fsp3) is 0.375. The molecule has 0 saturated heterocycles. The number of halogens is 1. The van der Waals surface area contributed by atoms with E-state index in [-0.39, 0.29) is 30.9 Å². The van der Waals surface area contributed by atoms with E-state index >= 15 is 0 Å². The monoisotopic (exact) mass is 444 g/mol. The van der Waals surface area contributed by atoms with Crippen LogP contribution in [0.1, 0.15) is 41.8 Å². The Morgan fingerprint density at radius 2 is 1.65 bits per heavy atom. The lowest BCUT2D eigenvalue weighted by Crippen LogP contribution is -2.45. The number of rotatable bonds is 10. The van der Waals surface area contributed by atoms with Gasteiger partial charge in [0.1, 0.15) is 12.6 Å². The molecule has 2 N–H and O–H groups in total. The predicted molar refractivity (Wildman–Crippen MR) is 121 cm³/mol. The van der Waals surface area contributed by atoms with Crippen LogP contribution in [-0.2, 0) is 20.7 Å². The second-order valence-corrected chi connectivity index (χ2v) is 8.14. The van der Waals surface area contributed by atoms with Crippen LogP contribution in [0.3, 0.4) is 0 Å². The summed E-state index contributed by atoms with van der Waals surface area (Å²) in [6.07, 6.45) is 1.01. The summed E-state index contributed by atoms with van der Waals surface area (Å²) < 4.78 is 5.26. The van der Waals surface area contributed by atoms with E-state index in [4.69, 9.17) is 16.3 Å². The number of ether oxygens (including phenoxy) is 1. The minimum Gasteiger partial charge on any atom is -0.462 e. The van der Waals surface area contributed by atoms with Gasteiger partial charge in [-0.2, -0.15) is 0 Å². The Balaban J connectivity index is 1.73. The molecule has 2 rings (SSSR count). The van der Waals surface area contributed by atoms with E-state index in [2.05, 4.69) is 10.6 Å². The summed E-state index contributed by atoms with van der Waals surface area (Å²) in [7, 11) is 0. The van der Waals surface area contributed by atoms with Gasteiger partial charge < -0.3 is 15.4 Å². The van der Waals surface area contributed by atoms with Gasteiger partial charge in [0.05, 0.1) is 6.54 Å². The van der Waals surface area contributed by atoms with Gasteiger partial charge in [-0.05, 0) is 49.1 Å². The lowest BCUT2D eigenvalue weighted by atomic mass is 10.0. The fourth-order valence-electron chi connectivity index (χ4n) is 2.86. The van der Waals surface area contributed by atoms with Gasteiger partial charge in [0.15, 0.2) is 0 Å². The summed E-state index contributed by atoms with van der Waals surface area (Å²) in [5.41, 5.74) is 2.69. The molecule has 0 fully saturated rings. The number of carbonyl (C=O) groups is 3. The number of amides is 2. The van der Waals surface area contributed by atoms with Gasteiger partial charge in [0.2, 0.25) is 5.91 Å². The van der Waals surface area contributed by atoms with Crippen molar-refractivity contribution >= 4 is 29.4 Å². The molecular weight excluding hydrogens is 416 g/mol. The highest BCUT2D eigenvalue weighted by Crippen LogP contribution is 2.11. The lowest BCUT2D eigenvalue weighted by Gasteiger charge is -2.21. The first-order chi connectivity index (χ1) is 14.8. The molecule has 0 heterocycles. The molecular formula is C24H29ClN2O4. The third-order valence-corrected chi connectivity index (χ3v) is 5.00.